The summed E-state index contributed by atoms with van der Waals surface area (Å²) in [5, 5.41) is 3.51. The Kier molecular flexibility index (Phi) is 3.39. The lowest BCUT2D eigenvalue weighted by Crippen LogP contribution is -2.35. The fourth-order valence-corrected chi connectivity index (χ4v) is 3.66. The Bertz CT molecular complexity index is 394. The number of nitrogens with zero attached hydrogens (tertiary/aromatic N) is 1. The summed E-state index contributed by atoms with van der Waals surface area (Å²) in [5.74, 6) is 1.00. The van der Waals surface area contributed by atoms with Crippen molar-refractivity contribution in [2.75, 3.05) is 25.0 Å². The van der Waals surface area contributed by atoms with Gasteiger partial charge in [-0.1, -0.05) is 12.1 Å². The van der Waals surface area contributed by atoms with Crippen LogP contribution in [-0.2, 0) is 0 Å². The van der Waals surface area contributed by atoms with Gasteiger partial charge in [-0.3, -0.25) is 4.90 Å². The van der Waals surface area contributed by atoms with E-state index in [1.165, 1.54) is 38.0 Å². The van der Waals surface area contributed by atoms with Gasteiger partial charge in [0.25, 0.3) is 0 Å². The summed E-state index contributed by atoms with van der Waals surface area (Å²) >= 11 is 3.57. The molecule has 2 bridgehead atoms. The van der Waals surface area contributed by atoms with Crippen LogP contribution in [0.25, 0.3) is 0 Å². The van der Waals surface area contributed by atoms with Crippen molar-refractivity contribution < 1.29 is 0 Å². The molecular weight excluding hydrogens is 276 g/mol. The van der Waals surface area contributed by atoms with Crippen LogP contribution in [0.4, 0.5) is 5.69 Å². The maximum atomic E-state index is 3.57. The molecule has 1 aromatic rings. The topological polar surface area (TPSA) is 15.3 Å². The Morgan fingerprint density at radius 1 is 1.29 bits per heavy atom. The molecule has 1 aromatic carbocycles. The van der Waals surface area contributed by atoms with Crippen molar-refractivity contribution in [1.82, 2.24) is 4.90 Å². The fourth-order valence-electron chi connectivity index (χ4n) is 3.24. The third-order valence-corrected chi connectivity index (χ3v) is 4.80. The lowest BCUT2D eigenvalue weighted by molar-refractivity contribution is 0.221. The van der Waals surface area contributed by atoms with E-state index < -0.39 is 0 Å². The van der Waals surface area contributed by atoms with Gasteiger partial charge in [0, 0.05) is 35.8 Å². The van der Waals surface area contributed by atoms with Gasteiger partial charge in [0.1, 0.15) is 0 Å². The zero-order valence-electron chi connectivity index (χ0n) is 10.0. The van der Waals surface area contributed by atoms with Crippen molar-refractivity contribution in [3.8, 4) is 0 Å². The molecule has 92 valence electrons. The van der Waals surface area contributed by atoms with Crippen LogP contribution in [0.5, 0.6) is 0 Å². The summed E-state index contributed by atoms with van der Waals surface area (Å²) in [4.78, 5) is 2.66. The Hall–Kier alpha value is -0.540. The normalized spacial score (nSPS) is 27.6. The first-order chi connectivity index (χ1) is 8.33. The van der Waals surface area contributed by atoms with Crippen molar-refractivity contribution in [1.29, 1.82) is 0 Å². The molecule has 1 aliphatic carbocycles. The molecule has 3 heteroatoms. The van der Waals surface area contributed by atoms with E-state index in [-0.39, 0.29) is 0 Å². The van der Waals surface area contributed by atoms with Crippen molar-refractivity contribution in [2.24, 2.45) is 5.92 Å². The number of nitrogens with one attached hydrogen (secondary N) is 1. The minimum absolute atomic E-state index is 0.890. The molecule has 2 unspecified atom stereocenters. The average molecular weight is 295 g/mol. The first kappa shape index (κ1) is 11.5. The van der Waals surface area contributed by atoms with E-state index in [9.17, 15) is 0 Å². The van der Waals surface area contributed by atoms with Gasteiger partial charge in [0.05, 0.1) is 0 Å². The summed E-state index contributed by atoms with van der Waals surface area (Å²) in [6.07, 6.45) is 4.35. The Labute approximate surface area is 112 Å². The predicted octanol–water partition coefficient (Wildman–Crippen LogP) is 3.35. The van der Waals surface area contributed by atoms with Crippen molar-refractivity contribution in [3.63, 3.8) is 0 Å². The van der Waals surface area contributed by atoms with Crippen LogP contribution in [0.2, 0.25) is 0 Å². The standard InChI is InChI=1S/C14H19BrN2/c15-13-3-1-2-4-14(13)16-7-8-17-10-11-5-6-12(17)9-11/h1-4,11-12,16H,5-10H2. The van der Waals surface area contributed by atoms with E-state index in [4.69, 9.17) is 0 Å². The third kappa shape index (κ3) is 2.50. The summed E-state index contributed by atoms with van der Waals surface area (Å²) in [7, 11) is 0. The van der Waals surface area contributed by atoms with E-state index in [1.807, 2.05) is 0 Å². The summed E-state index contributed by atoms with van der Waals surface area (Å²) in [6, 6.07) is 9.22. The summed E-state index contributed by atoms with van der Waals surface area (Å²) in [5.41, 5.74) is 1.21. The van der Waals surface area contributed by atoms with Gasteiger partial charge >= 0.3 is 0 Å². The fraction of sp³-hybridized carbons (Fsp3) is 0.571. The minimum atomic E-state index is 0.890. The summed E-state index contributed by atoms with van der Waals surface area (Å²) < 4.78 is 1.16. The van der Waals surface area contributed by atoms with Gasteiger partial charge in [-0.2, -0.15) is 0 Å². The third-order valence-electron chi connectivity index (χ3n) is 4.11. The highest BCUT2D eigenvalue weighted by atomic mass is 79.9. The van der Waals surface area contributed by atoms with Gasteiger partial charge in [-0.25, -0.2) is 0 Å². The van der Waals surface area contributed by atoms with E-state index >= 15 is 0 Å². The molecule has 2 aliphatic rings. The van der Waals surface area contributed by atoms with Gasteiger partial charge in [0.2, 0.25) is 0 Å². The van der Waals surface area contributed by atoms with Crippen LogP contribution in [0.3, 0.4) is 0 Å². The number of benzene rings is 1. The number of hydrogen-bond donors (Lipinski definition) is 1. The van der Waals surface area contributed by atoms with Crippen LogP contribution in [0.1, 0.15) is 19.3 Å². The molecule has 2 nitrogen and oxygen atoms in total. The number of para-hydroxylation sites is 1. The van der Waals surface area contributed by atoms with Crippen LogP contribution in [-0.4, -0.2) is 30.6 Å². The molecule has 0 aromatic heterocycles. The first-order valence-electron chi connectivity index (χ1n) is 6.55. The highest BCUT2D eigenvalue weighted by Gasteiger charge is 2.36. The van der Waals surface area contributed by atoms with Gasteiger partial charge in [0.15, 0.2) is 0 Å². The smallest absolute Gasteiger partial charge is 0.0485 e. The van der Waals surface area contributed by atoms with Crippen LogP contribution < -0.4 is 5.32 Å². The van der Waals surface area contributed by atoms with Gasteiger partial charge in [-0.05, 0) is 53.2 Å². The molecule has 1 N–H and O–H groups in total. The quantitative estimate of drug-likeness (QED) is 0.916. The number of fused-ring (bicyclic) bond motifs is 2. The van der Waals surface area contributed by atoms with E-state index in [0.717, 1.165) is 23.0 Å². The van der Waals surface area contributed by atoms with Crippen molar-refractivity contribution in [3.05, 3.63) is 28.7 Å². The molecule has 2 fully saturated rings. The maximum absolute atomic E-state index is 3.57. The van der Waals surface area contributed by atoms with E-state index in [2.05, 4.69) is 50.4 Å². The molecule has 0 spiro atoms. The lowest BCUT2D eigenvalue weighted by Gasteiger charge is -2.26. The molecule has 0 radical (unpaired) electrons. The second kappa shape index (κ2) is 4.99. The zero-order chi connectivity index (χ0) is 11.7. The molecule has 1 saturated carbocycles. The Balaban J connectivity index is 1.48. The Morgan fingerprint density at radius 3 is 2.88 bits per heavy atom. The molecule has 1 heterocycles. The van der Waals surface area contributed by atoms with Crippen molar-refractivity contribution >= 4 is 21.6 Å². The van der Waals surface area contributed by atoms with Gasteiger partial charge in [-0.15, -0.1) is 0 Å². The van der Waals surface area contributed by atoms with Crippen molar-refractivity contribution in [2.45, 2.75) is 25.3 Å². The molecule has 17 heavy (non-hydrogen) atoms. The molecule has 0 amide bonds. The number of halogens is 1. The average Bonchev–Trinajstić information content (AvgIpc) is 2.94. The molecule has 3 rings (SSSR count). The molecule has 1 saturated heterocycles. The molecule has 2 atom stereocenters. The second-order valence-electron chi connectivity index (χ2n) is 5.23. The maximum Gasteiger partial charge on any atom is 0.0485 e. The van der Waals surface area contributed by atoms with E-state index in [1.54, 1.807) is 0 Å². The van der Waals surface area contributed by atoms with Crippen LogP contribution >= 0.6 is 15.9 Å². The molecular formula is C14H19BrN2. The highest BCUT2D eigenvalue weighted by molar-refractivity contribution is 9.10. The number of likely N-dealkylation sites (tertiary alicyclic amines) is 1. The Morgan fingerprint density at radius 2 is 2.18 bits per heavy atom. The molecule has 1 aliphatic heterocycles. The second-order valence-corrected chi connectivity index (χ2v) is 6.09. The van der Waals surface area contributed by atoms with Gasteiger partial charge < -0.3 is 5.32 Å². The number of anilines is 1. The number of rotatable bonds is 4. The number of piperidine rings is 1. The predicted molar refractivity (Wildman–Crippen MR) is 75.3 cm³/mol. The monoisotopic (exact) mass is 294 g/mol. The highest BCUT2D eigenvalue weighted by Crippen LogP contribution is 2.36. The zero-order valence-corrected chi connectivity index (χ0v) is 11.6. The first-order valence-corrected chi connectivity index (χ1v) is 7.34. The SMILES string of the molecule is Brc1ccccc1NCCN1CC2CCC1C2. The van der Waals surface area contributed by atoms with Crippen LogP contribution in [0, 0.1) is 5.92 Å². The minimum Gasteiger partial charge on any atom is -0.383 e. The largest absolute Gasteiger partial charge is 0.383 e. The summed E-state index contributed by atoms with van der Waals surface area (Å²) in [6.45, 7) is 3.57. The number of hydrogen-bond acceptors (Lipinski definition) is 2. The van der Waals surface area contributed by atoms with E-state index in [0.29, 0.717) is 0 Å². The van der Waals surface area contributed by atoms with Crippen LogP contribution in [0.15, 0.2) is 28.7 Å². The lowest BCUT2D eigenvalue weighted by atomic mass is 10.1.